The van der Waals surface area contributed by atoms with Gasteiger partial charge in [0.05, 0.1) is 22.7 Å². The summed E-state index contributed by atoms with van der Waals surface area (Å²) in [5, 5.41) is 3.27. The highest BCUT2D eigenvalue weighted by atomic mass is 19.4. The number of aromatic nitrogens is 2. The lowest BCUT2D eigenvalue weighted by atomic mass is 9.81. The van der Waals surface area contributed by atoms with Crippen LogP contribution in [-0.4, -0.2) is 99.2 Å². The molecule has 2 aromatic carbocycles. The van der Waals surface area contributed by atoms with Crippen LogP contribution in [0.1, 0.15) is 30.5 Å². The van der Waals surface area contributed by atoms with Gasteiger partial charge in [0.1, 0.15) is 17.3 Å². The number of benzene rings is 2. The fraction of sp³-hybridized carbons (Fsp3) is 0.485. The second-order valence-corrected chi connectivity index (χ2v) is 12.5. The molecule has 0 saturated carbocycles. The van der Waals surface area contributed by atoms with E-state index in [2.05, 4.69) is 32.1 Å². The summed E-state index contributed by atoms with van der Waals surface area (Å²) >= 11 is 0. The number of ether oxygens (including phenoxy) is 1. The zero-order valence-electron chi connectivity index (χ0n) is 27.9. The van der Waals surface area contributed by atoms with Gasteiger partial charge in [-0.05, 0) is 76.0 Å². The highest BCUT2D eigenvalue weighted by molar-refractivity contribution is 6.01. The van der Waals surface area contributed by atoms with E-state index in [1.54, 1.807) is 0 Å². The van der Waals surface area contributed by atoms with Crippen molar-refractivity contribution < 1.29 is 40.3 Å². The molecule has 1 N–H and O–H groups in total. The Morgan fingerprint density at radius 2 is 1.33 bits per heavy atom. The third-order valence-corrected chi connectivity index (χ3v) is 8.39. The summed E-state index contributed by atoms with van der Waals surface area (Å²) in [6, 6.07) is 6.05. The van der Waals surface area contributed by atoms with Crippen molar-refractivity contribution >= 4 is 17.5 Å². The van der Waals surface area contributed by atoms with Crippen molar-refractivity contribution in [3.8, 4) is 11.6 Å². The standard InChI is InChI=1S/C28H28F7N5O2.C5H12N2/c1-26(2,17-13-18(27(30,31)32)15-19(14-17)28(33,34)35)24(41)39(4)22-16-36-25(40-11-9-38(3)10-12-40)37-23(22)42-21-7-5-20(29)6-8-21;1-7-4-2-6-3-5-7/h5-8,13-16H,9-12H2,1-4H3;6H,2-5H2,1H3. The molecule has 16 heteroatoms. The van der Waals surface area contributed by atoms with Gasteiger partial charge in [0.25, 0.3) is 0 Å². The summed E-state index contributed by atoms with van der Waals surface area (Å²) in [6.07, 6.45) is -8.87. The van der Waals surface area contributed by atoms with Crippen molar-refractivity contribution in [2.24, 2.45) is 0 Å². The van der Waals surface area contributed by atoms with Crippen molar-refractivity contribution in [2.75, 3.05) is 83.3 Å². The van der Waals surface area contributed by atoms with Gasteiger partial charge in [-0.15, -0.1) is 0 Å². The van der Waals surface area contributed by atoms with Crippen LogP contribution in [0.4, 0.5) is 42.4 Å². The van der Waals surface area contributed by atoms with Gasteiger partial charge in [-0.3, -0.25) is 4.79 Å². The van der Waals surface area contributed by atoms with Crippen molar-refractivity contribution in [3.05, 3.63) is 71.2 Å². The molecule has 0 aliphatic carbocycles. The fourth-order valence-electron chi connectivity index (χ4n) is 5.17. The van der Waals surface area contributed by atoms with Crippen molar-refractivity contribution in [1.29, 1.82) is 0 Å². The minimum Gasteiger partial charge on any atom is -0.437 e. The van der Waals surface area contributed by atoms with Gasteiger partial charge >= 0.3 is 12.4 Å². The van der Waals surface area contributed by atoms with Gasteiger partial charge in [-0.1, -0.05) is 0 Å². The van der Waals surface area contributed by atoms with Crippen LogP contribution in [0.3, 0.4) is 0 Å². The van der Waals surface area contributed by atoms with E-state index >= 15 is 0 Å². The number of rotatable bonds is 6. The van der Waals surface area contributed by atoms with E-state index in [0.29, 0.717) is 25.2 Å². The van der Waals surface area contributed by atoms with E-state index in [0.717, 1.165) is 43.2 Å². The van der Waals surface area contributed by atoms with E-state index in [1.165, 1.54) is 52.3 Å². The highest BCUT2D eigenvalue weighted by Gasteiger charge is 2.41. The van der Waals surface area contributed by atoms with E-state index in [4.69, 9.17) is 4.74 Å². The zero-order chi connectivity index (χ0) is 36.1. The molecule has 9 nitrogen and oxygen atoms in total. The molecule has 5 rings (SSSR count). The van der Waals surface area contributed by atoms with E-state index < -0.39 is 46.2 Å². The molecule has 1 aromatic heterocycles. The second-order valence-electron chi connectivity index (χ2n) is 12.5. The highest BCUT2D eigenvalue weighted by Crippen LogP contribution is 2.40. The minimum atomic E-state index is -5.08. The van der Waals surface area contributed by atoms with Crippen molar-refractivity contribution in [3.63, 3.8) is 0 Å². The van der Waals surface area contributed by atoms with Crippen LogP contribution < -0.4 is 19.9 Å². The molecule has 0 bridgehead atoms. The first kappa shape index (κ1) is 37.8. The lowest BCUT2D eigenvalue weighted by molar-refractivity contribution is -0.143. The molecule has 0 spiro atoms. The van der Waals surface area contributed by atoms with Crippen LogP contribution in [0, 0.1) is 5.82 Å². The predicted molar refractivity (Wildman–Crippen MR) is 171 cm³/mol. The number of halogens is 7. The van der Waals surface area contributed by atoms with Crippen LogP contribution >= 0.6 is 0 Å². The van der Waals surface area contributed by atoms with Crippen LogP contribution in [0.15, 0.2) is 48.7 Å². The van der Waals surface area contributed by atoms with E-state index in [9.17, 15) is 35.5 Å². The van der Waals surface area contributed by atoms with Gasteiger partial charge in [-0.2, -0.15) is 31.3 Å². The number of hydrogen-bond acceptors (Lipinski definition) is 8. The number of alkyl halides is 6. The Labute approximate surface area is 280 Å². The molecule has 0 atom stereocenters. The number of carbonyl (C=O) groups is 1. The summed E-state index contributed by atoms with van der Waals surface area (Å²) in [6.45, 7) is 9.87. The number of carbonyl (C=O) groups excluding carboxylic acids is 1. The molecule has 1 amide bonds. The van der Waals surface area contributed by atoms with Gasteiger partial charge in [-0.25, -0.2) is 9.37 Å². The molecule has 2 aliphatic heterocycles. The van der Waals surface area contributed by atoms with Gasteiger partial charge < -0.3 is 29.7 Å². The Kier molecular flexibility index (Phi) is 11.8. The first-order chi connectivity index (χ1) is 22.9. The summed E-state index contributed by atoms with van der Waals surface area (Å²) < 4.78 is 101. The molecular weight excluding hydrogens is 659 g/mol. The van der Waals surface area contributed by atoms with Crippen LogP contribution in [0.25, 0.3) is 0 Å². The molecule has 0 radical (unpaired) electrons. The normalized spacial score (nSPS) is 16.5. The van der Waals surface area contributed by atoms with Crippen LogP contribution in [0.5, 0.6) is 11.6 Å². The fourth-order valence-corrected chi connectivity index (χ4v) is 5.17. The number of amides is 1. The molecule has 3 heterocycles. The smallest absolute Gasteiger partial charge is 0.416 e. The molecular formula is C33H40F7N7O2. The van der Waals surface area contributed by atoms with Crippen LogP contribution in [-0.2, 0) is 22.6 Å². The topological polar surface area (TPSA) is 77.1 Å². The van der Waals surface area contributed by atoms with Crippen molar-refractivity contribution in [1.82, 2.24) is 25.1 Å². The maximum atomic E-state index is 13.7. The molecule has 0 unspecified atom stereocenters. The summed E-state index contributed by atoms with van der Waals surface area (Å²) in [5.74, 6) is -1.02. The number of hydrogen-bond donors (Lipinski definition) is 1. The third kappa shape index (κ3) is 9.79. The average molecular weight is 700 g/mol. The number of nitrogens with zero attached hydrogens (tertiary/aromatic N) is 6. The largest absolute Gasteiger partial charge is 0.437 e. The van der Waals surface area contributed by atoms with E-state index in [1.807, 2.05) is 11.9 Å². The molecule has 49 heavy (non-hydrogen) atoms. The summed E-state index contributed by atoms with van der Waals surface area (Å²) in [4.78, 5) is 29.9. The molecule has 2 aliphatic rings. The number of piperazine rings is 2. The molecule has 2 saturated heterocycles. The summed E-state index contributed by atoms with van der Waals surface area (Å²) in [5.41, 5.74) is -5.41. The Morgan fingerprint density at radius 1 is 0.816 bits per heavy atom. The lowest BCUT2D eigenvalue weighted by Crippen LogP contribution is -2.45. The Morgan fingerprint density at radius 3 is 1.82 bits per heavy atom. The van der Waals surface area contributed by atoms with E-state index in [-0.39, 0.29) is 29.3 Å². The quantitative estimate of drug-likeness (QED) is 0.331. The first-order valence-corrected chi connectivity index (χ1v) is 15.6. The lowest BCUT2D eigenvalue weighted by Gasteiger charge is -2.33. The SMILES string of the molecule is CN1CCN(c2ncc(N(C)C(=O)C(C)(C)c3cc(C(F)(F)F)cc(C(F)(F)F)c3)c(Oc3ccc(F)cc3)n2)CC1.CN1CCNCC1. The maximum Gasteiger partial charge on any atom is 0.416 e. The molecule has 3 aromatic rings. The molecule has 268 valence electrons. The predicted octanol–water partition coefficient (Wildman–Crippen LogP) is 5.66. The average Bonchev–Trinajstić information content (AvgIpc) is 3.05. The Balaban J connectivity index is 0.000000686. The minimum absolute atomic E-state index is 0.00158. The number of anilines is 2. The first-order valence-electron chi connectivity index (χ1n) is 15.6. The summed E-state index contributed by atoms with van der Waals surface area (Å²) in [7, 11) is 5.41. The maximum absolute atomic E-state index is 13.7. The monoisotopic (exact) mass is 699 g/mol. The van der Waals surface area contributed by atoms with Gasteiger partial charge in [0, 0.05) is 59.4 Å². The Hall–Kier alpha value is -4.02. The third-order valence-electron chi connectivity index (χ3n) is 8.39. The van der Waals surface area contributed by atoms with Crippen LogP contribution in [0.2, 0.25) is 0 Å². The Bertz CT molecular complexity index is 1540. The van der Waals surface area contributed by atoms with Gasteiger partial charge in [0.15, 0.2) is 0 Å². The van der Waals surface area contributed by atoms with Crippen molar-refractivity contribution in [2.45, 2.75) is 31.6 Å². The second kappa shape index (κ2) is 15.3. The van der Waals surface area contributed by atoms with Gasteiger partial charge in [0.2, 0.25) is 17.7 Å². The number of likely N-dealkylation sites (N-methyl/N-ethyl adjacent to an activating group) is 3. The zero-order valence-corrected chi connectivity index (χ0v) is 27.9. The number of nitrogens with one attached hydrogen (secondary N) is 1. The molecule has 2 fully saturated rings.